The molecule has 1 aromatic heterocycles. The van der Waals surface area contributed by atoms with Crippen LogP contribution in [-0.2, 0) is 10.3 Å². The summed E-state index contributed by atoms with van der Waals surface area (Å²) in [6, 6.07) is 5.11. The van der Waals surface area contributed by atoms with Crippen LogP contribution in [0.5, 0.6) is 0 Å². The van der Waals surface area contributed by atoms with E-state index in [-0.39, 0.29) is 11.1 Å². The molecular weight excluding hydrogens is 256 g/mol. The minimum Gasteiger partial charge on any atom is -0.478 e. The molecule has 3 rings (SSSR count). The van der Waals surface area contributed by atoms with Gasteiger partial charge in [0.05, 0.1) is 28.7 Å². The molecule has 1 N–H and O–H groups in total. The van der Waals surface area contributed by atoms with Gasteiger partial charge in [-0.25, -0.2) is 9.78 Å². The van der Waals surface area contributed by atoms with E-state index in [9.17, 15) is 4.79 Å². The van der Waals surface area contributed by atoms with Gasteiger partial charge in [-0.15, -0.1) is 0 Å². The van der Waals surface area contributed by atoms with Crippen LogP contribution < -0.4 is 0 Å². The van der Waals surface area contributed by atoms with E-state index in [1.165, 1.54) is 0 Å². The van der Waals surface area contributed by atoms with Crippen molar-refractivity contribution < 1.29 is 14.6 Å². The van der Waals surface area contributed by atoms with E-state index < -0.39 is 5.97 Å². The minimum atomic E-state index is -0.925. The normalized spacial score (nSPS) is 23.1. The van der Waals surface area contributed by atoms with Gasteiger partial charge in [-0.1, -0.05) is 0 Å². The molecule has 1 atom stereocenters. The molecule has 2 aromatic rings. The fourth-order valence-electron chi connectivity index (χ4n) is 3.11. The Labute approximate surface area is 117 Å². The first kappa shape index (κ1) is 13.1. The lowest BCUT2D eigenvalue weighted by Gasteiger charge is -2.36. The van der Waals surface area contributed by atoms with E-state index >= 15 is 0 Å². The van der Waals surface area contributed by atoms with Gasteiger partial charge in [0.15, 0.2) is 0 Å². The van der Waals surface area contributed by atoms with Crippen molar-refractivity contribution in [1.82, 2.24) is 9.55 Å². The second-order valence-corrected chi connectivity index (χ2v) is 5.66. The quantitative estimate of drug-likeness (QED) is 0.914. The fourth-order valence-corrected chi connectivity index (χ4v) is 3.11. The molecule has 1 fully saturated rings. The van der Waals surface area contributed by atoms with Crippen molar-refractivity contribution in [2.24, 2.45) is 0 Å². The topological polar surface area (TPSA) is 64.3 Å². The number of ether oxygens (including phenoxy) is 1. The van der Waals surface area contributed by atoms with Crippen molar-refractivity contribution in [2.75, 3.05) is 13.2 Å². The highest BCUT2D eigenvalue weighted by Gasteiger charge is 2.32. The van der Waals surface area contributed by atoms with Gasteiger partial charge in [0.2, 0.25) is 0 Å². The molecule has 1 saturated heterocycles. The minimum absolute atomic E-state index is 0.109. The summed E-state index contributed by atoms with van der Waals surface area (Å²) in [5, 5.41) is 9.07. The molecule has 0 radical (unpaired) electrons. The number of aromatic carboxylic acids is 1. The van der Waals surface area contributed by atoms with Crippen LogP contribution in [0.1, 0.15) is 35.9 Å². The number of aryl methyl sites for hydroxylation is 1. The maximum Gasteiger partial charge on any atom is 0.335 e. The van der Waals surface area contributed by atoms with Crippen LogP contribution in [0.3, 0.4) is 0 Å². The summed E-state index contributed by atoms with van der Waals surface area (Å²) in [4.78, 5) is 15.6. The highest BCUT2D eigenvalue weighted by Crippen LogP contribution is 2.32. The molecule has 1 aliphatic heterocycles. The molecule has 106 valence electrons. The molecule has 1 aliphatic rings. The number of carboxylic acid groups (broad SMARTS) is 1. The zero-order valence-electron chi connectivity index (χ0n) is 11.7. The molecule has 1 unspecified atom stereocenters. The van der Waals surface area contributed by atoms with Crippen LogP contribution in [0.15, 0.2) is 18.2 Å². The third-order valence-corrected chi connectivity index (χ3v) is 4.03. The Bertz CT molecular complexity index is 669. The molecule has 0 spiro atoms. The SMILES string of the molecule is Cc1nc2cc(C(=O)O)ccc2n1C1(C)CCCOC1. The Morgan fingerprint density at radius 3 is 2.95 bits per heavy atom. The van der Waals surface area contributed by atoms with Crippen LogP contribution in [0.4, 0.5) is 0 Å². The van der Waals surface area contributed by atoms with Crippen LogP contribution in [0, 0.1) is 6.92 Å². The smallest absolute Gasteiger partial charge is 0.335 e. The van der Waals surface area contributed by atoms with Gasteiger partial charge in [0.25, 0.3) is 0 Å². The fraction of sp³-hybridized carbons (Fsp3) is 0.467. The molecule has 0 aliphatic carbocycles. The number of benzene rings is 1. The lowest BCUT2D eigenvalue weighted by molar-refractivity contribution is 0.0105. The maximum atomic E-state index is 11.0. The van der Waals surface area contributed by atoms with Crippen LogP contribution in [-0.4, -0.2) is 33.8 Å². The summed E-state index contributed by atoms with van der Waals surface area (Å²) in [6.45, 7) is 5.61. The van der Waals surface area contributed by atoms with Crippen LogP contribution >= 0.6 is 0 Å². The first-order chi connectivity index (χ1) is 9.51. The Kier molecular flexibility index (Phi) is 3.01. The van der Waals surface area contributed by atoms with E-state index in [2.05, 4.69) is 16.5 Å². The van der Waals surface area contributed by atoms with Gasteiger partial charge in [-0.05, 0) is 44.9 Å². The zero-order valence-corrected chi connectivity index (χ0v) is 11.7. The Morgan fingerprint density at radius 1 is 1.50 bits per heavy atom. The average Bonchev–Trinajstić information content (AvgIpc) is 2.74. The van der Waals surface area contributed by atoms with Crippen molar-refractivity contribution in [2.45, 2.75) is 32.2 Å². The lowest BCUT2D eigenvalue weighted by atomic mass is 9.94. The van der Waals surface area contributed by atoms with E-state index in [0.717, 1.165) is 36.3 Å². The van der Waals surface area contributed by atoms with Crippen molar-refractivity contribution in [3.63, 3.8) is 0 Å². The first-order valence-corrected chi connectivity index (χ1v) is 6.82. The molecule has 0 amide bonds. The van der Waals surface area contributed by atoms with Gasteiger partial charge in [0, 0.05) is 6.61 Å². The predicted molar refractivity (Wildman–Crippen MR) is 75.1 cm³/mol. The Balaban J connectivity index is 2.16. The summed E-state index contributed by atoms with van der Waals surface area (Å²) < 4.78 is 7.82. The molecular formula is C15H18N2O3. The Morgan fingerprint density at radius 2 is 2.30 bits per heavy atom. The number of hydrogen-bond acceptors (Lipinski definition) is 3. The molecule has 0 bridgehead atoms. The van der Waals surface area contributed by atoms with Gasteiger partial charge in [0.1, 0.15) is 5.82 Å². The summed E-state index contributed by atoms with van der Waals surface area (Å²) in [6.07, 6.45) is 2.07. The summed E-state index contributed by atoms with van der Waals surface area (Å²) in [7, 11) is 0. The second kappa shape index (κ2) is 4.59. The summed E-state index contributed by atoms with van der Waals surface area (Å²) >= 11 is 0. The molecule has 20 heavy (non-hydrogen) atoms. The zero-order chi connectivity index (χ0) is 14.3. The van der Waals surface area contributed by atoms with Crippen molar-refractivity contribution in [3.05, 3.63) is 29.6 Å². The largest absolute Gasteiger partial charge is 0.478 e. The molecule has 0 saturated carbocycles. The highest BCUT2D eigenvalue weighted by molar-refractivity contribution is 5.92. The van der Waals surface area contributed by atoms with E-state index in [1.807, 2.05) is 13.0 Å². The Hall–Kier alpha value is -1.88. The monoisotopic (exact) mass is 274 g/mol. The maximum absolute atomic E-state index is 11.0. The number of hydrogen-bond donors (Lipinski definition) is 1. The van der Waals surface area contributed by atoms with Gasteiger partial charge in [-0.3, -0.25) is 0 Å². The van der Waals surface area contributed by atoms with Crippen LogP contribution in [0.2, 0.25) is 0 Å². The molecule has 1 aromatic carbocycles. The number of nitrogens with zero attached hydrogens (tertiary/aromatic N) is 2. The lowest BCUT2D eigenvalue weighted by Crippen LogP contribution is -2.39. The van der Waals surface area contributed by atoms with E-state index in [0.29, 0.717) is 6.61 Å². The first-order valence-electron chi connectivity index (χ1n) is 6.82. The number of imidazole rings is 1. The molecule has 5 nitrogen and oxygen atoms in total. The standard InChI is InChI=1S/C15H18N2O3/c1-10-16-12-8-11(14(18)19)4-5-13(12)17(10)15(2)6-3-7-20-9-15/h4-5,8H,3,6-7,9H2,1-2H3,(H,18,19). The average molecular weight is 274 g/mol. The summed E-state index contributed by atoms with van der Waals surface area (Å²) in [5.74, 6) is -0.0261. The molecule has 2 heterocycles. The van der Waals surface area contributed by atoms with Gasteiger partial charge < -0.3 is 14.4 Å². The van der Waals surface area contributed by atoms with Crippen molar-refractivity contribution in [1.29, 1.82) is 0 Å². The second-order valence-electron chi connectivity index (χ2n) is 5.66. The van der Waals surface area contributed by atoms with E-state index in [4.69, 9.17) is 9.84 Å². The summed E-state index contributed by atoms with van der Waals surface area (Å²) in [5.41, 5.74) is 1.86. The number of aromatic nitrogens is 2. The number of fused-ring (bicyclic) bond motifs is 1. The number of carboxylic acids is 1. The van der Waals surface area contributed by atoms with Gasteiger partial charge >= 0.3 is 5.97 Å². The number of carbonyl (C=O) groups is 1. The predicted octanol–water partition coefficient (Wildman–Crippen LogP) is 2.57. The highest BCUT2D eigenvalue weighted by atomic mass is 16.5. The van der Waals surface area contributed by atoms with E-state index in [1.54, 1.807) is 12.1 Å². The number of rotatable bonds is 2. The van der Waals surface area contributed by atoms with Crippen molar-refractivity contribution in [3.8, 4) is 0 Å². The molecule has 5 heteroatoms. The van der Waals surface area contributed by atoms with Gasteiger partial charge in [-0.2, -0.15) is 0 Å². The van der Waals surface area contributed by atoms with Crippen molar-refractivity contribution >= 4 is 17.0 Å². The van der Waals surface area contributed by atoms with Crippen LogP contribution in [0.25, 0.3) is 11.0 Å². The third kappa shape index (κ3) is 1.98. The third-order valence-electron chi connectivity index (χ3n) is 4.03.